The Morgan fingerprint density at radius 1 is 1.17 bits per heavy atom. The maximum absolute atomic E-state index is 9.41. The first-order chi connectivity index (χ1) is 8.54. The van der Waals surface area contributed by atoms with E-state index in [1.165, 1.54) is 36.8 Å². The molecule has 1 saturated carbocycles. The van der Waals surface area contributed by atoms with Crippen LogP contribution in [0.5, 0.6) is 0 Å². The topological polar surface area (TPSA) is 46.2 Å². The van der Waals surface area contributed by atoms with Crippen molar-refractivity contribution in [1.29, 1.82) is 0 Å². The predicted octanol–water partition coefficient (Wildman–Crippen LogP) is 2.73. The number of aliphatic hydroxyl groups is 1. The lowest BCUT2D eigenvalue weighted by molar-refractivity contribution is 0.218. The van der Waals surface area contributed by atoms with Gasteiger partial charge in [-0.15, -0.1) is 0 Å². The molecular weight excluding hydrogens is 222 g/mol. The van der Waals surface area contributed by atoms with Crippen molar-refractivity contribution in [2.75, 3.05) is 13.2 Å². The summed E-state index contributed by atoms with van der Waals surface area (Å²) in [5, 5.41) is 9.41. The molecule has 0 bridgehead atoms. The average molecular weight is 247 g/mol. The Labute approximate surface area is 110 Å². The number of benzene rings is 1. The summed E-state index contributed by atoms with van der Waals surface area (Å²) in [5.41, 5.74) is 8.63. The van der Waals surface area contributed by atoms with Crippen molar-refractivity contribution >= 4 is 0 Å². The quantitative estimate of drug-likeness (QED) is 0.859. The van der Waals surface area contributed by atoms with Gasteiger partial charge >= 0.3 is 0 Å². The van der Waals surface area contributed by atoms with Crippen molar-refractivity contribution in [2.24, 2.45) is 5.73 Å². The van der Waals surface area contributed by atoms with Crippen LogP contribution in [0.1, 0.15) is 50.7 Å². The van der Waals surface area contributed by atoms with Crippen molar-refractivity contribution in [1.82, 2.24) is 0 Å². The van der Waals surface area contributed by atoms with Crippen molar-refractivity contribution in [2.45, 2.75) is 50.4 Å². The number of hydrogen-bond donors (Lipinski definition) is 2. The molecule has 0 heterocycles. The van der Waals surface area contributed by atoms with Gasteiger partial charge in [-0.1, -0.05) is 51.0 Å². The van der Waals surface area contributed by atoms with Gasteiger partial charge in [-0.3, -0.25) is 0 Å². The summed E-state index contributed by atoms with van der Waals surface area (Å²) in [6.07, 6.45) is 5.01. The summed E-state index contributed by atoms with van der Waals surface area (Å²) in [5.74, 6) is 0. The summed E-state index contributed by atoms with van der Waals surface area (Å²) in [6.45, 7) is 5.05. The summed E-state index contributed by atoms with van der Waals surface area (Å²) in [4.78, 5) is 0. The lowest BCUT2D eigenvalue weighted by atomic mass is 9.77. The zero-order valence-corrected chi connectivity index (χ0v) is 11.6. The zero-order valence-electron chi connectivity index (χ0n) is 11.6. The molecule has 1 aromatic rings. The minimum Gasteiger partial charge on any atom is -0.395 e. The molecule has 0 spiro atoms. The molecular formula is C16H25NO. The van der Waals surface area contributed by atoms with Crippen LogP contribution in [0.3, 0.4) is 0 Å². The Kier molecular flexibility index (Phi) is 3.79. The van der Waals surface area contributed by atoms with Gasteiger partial charge in [0.2, 0.25) is 0 Å². The maximum Gasteiger partial charge on any atom is 0.0522 e. The van der Waals surface area contributed by atoms with Crippen molar-refractivity contribution in [3.05, 3.63) is 35.4 Å². The molecule has 0 unspecified atom stereocenters. The van der Waals surface area contributed by atoms with Crippen LogP contribution in [-0.2, 0) is 10.8 Å². The van der Waals surface area contributed by atoms with Crippen LogP contribution in [0.25, 0.3) is 0 Å². The normalized spacial score (nSPS) is 19.1. The van der Waals surface area contributed by atoms with Crippen LogP contribution in [0.4, 0.5) is 0 Å². The monoisotopic (exact) mass is 247 g/mol. The molecule has 1 aromatic carbocycles. The van der Waals surface area contributed by atoms with E-state index < -0.39 is 0 Å². The first kappa shape index (κ1) is 13.6. The van der Waals surface area contributed by atoms with E-state index in [4.69, 9.17) is 5.73 Å². The minimum absolute atomic E-state index is 0.163. The third kappa shape index (κ3) is 2.32. The highest BCUT2D eigenvalue weighted by atomic mass is 16.3. The smallest absolute Gasteiger partial charge is 0.0522 e. The van der Waals surface area contributed by atoms with Gasteiger partial charge < -0.3 is 10.8 Å². The SMILES string of the molecule is CC(C)(CO)c1ccc(C2(CN)CCCC2)cc1. The molecule has 1 fully saturated rings. The largest absolute Gasteiger partial charge is 0.395 e. The van der Waals surface area contributed by atoms with Gasteiger partial charge in [-0.25, -0.2) is 0 Å². The highest BCUT2D eigenvalue weighted by molar-refractivity contribution is 5.33. The van der Waals surface area contributed by atoms with E-state index in [9.17, 15) is 5.11 Å². The number of aliphatic hydroxyl groups excluding tert-OH is 1. The summed E-state index contributed by atoms with van der Waals surface area (Å²) in [7, 11) is 0. The van der Waals surface area contributed by atoms with E-state index in [0.29, 0.717) is 0 Å². The maximum atomic E-state index is 9.41. The minimum atomic E-state index is -0.163. The Balaban J connectivity index is 2.27. The number of nitrogens with two attached hydrogens (primary N) is 1. The van der Waals surface area contributed by atoms with Gasteiger partial charge in [0.25, 0.3) is 0 Å². The molecule has 1 aliphatic rings. The zero-order chi connectivity index (χ0) is 13.2. The van der Waals surface area contributed by atoms with E-state index in [1.54, 1.807) is 0 Å². The lowest BCUT2D eigenvalue weighted by Gasteiger charge is -2.29. The van der Waals surface area contributed by atoms with E-state index in [1.807, 2.05) is 0 Å². The second-order valence-corrected chi connectivity index (χ2v) is 6.31. The van der Waals surface area contributed by atoms with Gasteiger partial charge in [0.1, 0.15) is 0 Å². The Morgan fingerprint density at radius 2 is 1.72 bits per heavy atom. The first-order valence-corrected chi connectivity index (χ1v) is 6.96. The fourth-order valence-electron chi connectivity index (χ4n) is 3.03. The van der Waals surface area contributed by atoms with Crippen LogP contribution in [-0.4, -0.2) is 18.3 Å². The summed E-state index contributed by atoms with van der Waals surface area (Å²) >= 11 is 0. The fourth-order valence-corrected chi connectivity index (χ4v) is 3.03. The third-order valence-electron chi connectivity index (χ3n) is 4.63. The van der Waals surface area contributed by atoms with E-state index >= 15 is 0 Å². The van der Waals surface area contributed by atoms with Crippen LogP contribution < -0.4 is 5.73 Å². The van der Waals surface area contributed by atoms with Crippen LogP contribution in [0, 0.1) is 0 Å². The second kappa shape index (κ2) is 5.02. The molecule has 1 aliphatic carbocycles. The fraction of sp³-hybridized carbons (Fsp3) is 0.625. The molecule has 0 saturated heterocycles. The van der Waals surface area contributed by atoms with Crippen molar-refractivity contribution in [3.8, 4) is 0 Å². The Hall–Kier alpha value is -0.860. The van der Waals surface area contributed by atoms with E-state index in [0.717, 1.165) is 6.54 Å². The second-order valence-electron chi connectivity index (χ2n) is 6.31. The molecule has 0 radical (unpaired) electrons. The molecule has 3 N–H and O–H groups in total. The number of hydrogen-bond acceptors (Lipinski definition) is 2. The van der Waals surface area contributed by atoms with Crippen LogP contribution >= 0.6 is 0 Å². The van der Waals surface area contributed by atoms with Crippen LogP contribution in [0.15, 0.2) is 24.3 Å². The Bertz CT molecular complexity index is 388. The molecule has 0 amide bonds. The standard InChI is InChI=1S/C16H25NO/c1-15(2,12-18)13-5-7-14(8-6-13)16(11-17)9-3-4-10-16/h5-8,18H,3-4,9-12,17H2,1-2H3. The summed E-state index contributed by atoms with van der Waals surface area (Å²) < 4.78 is 0. The average Bonchev–Trinajstić information content (AvgIpc) is 2.89. The summed E-state index contributed by atoms with van der Waals surface area (Å²) in [6, 6.07) is 8.73. The van der Waals surface area contributed by atoms with Gasteiger partial charge in [-0.05, 0) is 24.0 Å². The predicted molar refractivity (Wildman–Crippen MR) is 75.8 cm³/mol. The van der Waals surface area contributed by atoms with Crippen molar-refractivity contribution < 1.29 is 5.11 Å². The number of rotatable bonds is 4. The van der Waals surface area contributed by atoms with E-state index in [2.05, 4.69) is 38.1 Å². The molecule has 0 aliphatic heterocycles. The Morgan fingerprint density at radius 3 is 2.17 bits per heavy atom. The lowest BCUT2D eigenvalue weighted by Crippen LogP contribution is -2.32. The van der Waals surface area contributed by atoms with Gasteiger partial charge in [0.05, 0.1) is 6.61 Å². The molecule has 0 aromatic heterocycles. The third-order valence-corrected chi connectivity index (χ3v) is 4.63. The van der Waals surface area contributed by atoms with E-state index in [-0.39, 0.29) is 17.4 Å². The highest BCUT2D eigenvalue weighted by Crippen LogP contribution is 2.40. The van der Waals surface area contributed by atoms with Crippen LogP contribution in [0.2, 0.25) is 0 Å². The molecule has 100 valence electrons. The first-order valence-electron chi connectivity index (χ1n) is 6.96. The van der Waals surface area contributed by atoms with Gasteiger partial charge in [0, 0.05) is 17.4 Å². The highest BCUT2D eigenvalue weighted by Gasteiger charge is 2.34. The molecule has 2 heteroatoms. The molecule has 0 atom stereocenters. The van der Waals surface area contributed by atoms with Crippen molar-refractivity contribution in [3.63, 3.8) is 0 Å². The van der Waals surface area contributed by atoms with Gasteiger partial charge in [0.15, 0.2) is 0 Å². The molecule has 2 rings (SSSR count). The van der Waals surface area contributed by atoms with Gasteiger partial charge in [-0.2, -0.15) is 0 Å². The molecule has 2 nitrogen and oxygen atoms in total. The molecule has 18 heavy (non-hydrogen) atoms.